The molecule has 1 saturated heterocycles. The van der Waals surface area contributed by atoms with Gasteiger partial charge in [-0.3, -0.25) is 4.90 Å². The number of nitrogens with zero attached hydrogens (tertiary/aromatic N) is 1. The number of hydrogen-bond donors (Lipinski definition) is 1. The zero-order valence-corrected chi connectivity index (χ0v) is 7.42. The van der Waals surface area contributed by atoms with Crippen molar-refractivity contribution in [3.63, 3.8) is 0 Å². The van der Waals surface area contributed by atoms with Crippen LogP contribution in [0.15, 0.2) is 0 Å². The molecular weight excluding hydrogens is 140 g/mol. The summed E-state index contributed by atoms with van der Waals surface area (Å²) in [4.78, 5) is 2.16. The van der Waals surface area contributed by atoms with E-state index in [1.165, 1.54) is 6.42 Å². The largest absolute Gasteiger partial charge is 0.381 e. The molecule has 0 amide bonds. The van der Waals surface area contributed by atoms with Crippen molar-refractivity contribution < 1.29 is 4.74 Å². The second-order valence-electron chi connectivity index (χ2n) is 3.41. The minimum Gasteiger partial charge on any atom is -0.381 e. The lowest BCUT2D eigenvalue weighted by molar-refractivity contribution is -0.0391. The quantitative estimate of drug-likeness (QED) is 0.596. The summed E-state index contributed by atoms with van der Waals surface area (Å²) in [5.74, 6) is 0.788. The lowest BCUT2D eigenvalue weighted by Crippen LogP contribution is -2.39. The molecule has 0 aromatic rings. The van der Waals surface area contributed by atoms with E-state index < -0.39 is 0 Å². The van der Waals surface area contributed by atoms with Crippen LogP contribution in [0.1, 0.15) is 13.3 Å². The van der Waals surface area contributed by atoms with E-state index in [2.05, 4.69) is 11.9 Å². The molecule has 66 valence electrons. The van der Waals surface area contributed by atoms with Crippen molar-refractivity contribution in [1.82, 2.24) is 4.90 Å². The zero-order chi connectivity index (χ0) is 8.27. The normalized spacial score (nSPS) is 21.8. The van der Waals surface area contributed by atoms with E-state index in [1.807, 2.05) is 6.92 Å². The van der Waals surface area contributed by atoms with Gasteiger partial charge < -0.3 is 10.5 Å². The standard InChI is InChI=1S/C8H18N2O/c1-7(9)10(2)4-3-8-5-11-6-8/h7-8H,3-6,9H2,1-2H3. The van der Waals surface area contributed by atoms with Crippen LogP contribution >= 0.6 is 0 Å². The fourth-order valence-corrected chi connectivity index (χ4v) is 1.04. The number of ether oxygens (including phenoxy) is 1. The molecule has 0 spiro atoms. The molecule has 0 aromatic carbocycles. The Morgan fingerprint density at radius 2 is 2.27 bits per heavy atom. The van der Waals surface area contributed by atoms with Crippen LogP contribution in [-0.2, 0) is 4.74 Å². The van der Waals surface area contributed by atoms with E-state index in [-0.39, 0.29) is 6.17 Å². The third kappa shape index (κ3) is 2.77. The van der Waals surface area contributed by atoms with Crippen LogP contribution in [0.2, 0.25) is 0 Å². The van der Waals surface area contributed by atoms with Crippen molar-refractivity contribution in [2.75, 3.05) is 26.8 Å². The molecule has 1 unspecified atom stereocenters. The summed E-state index contributed by atoms with van der Waals surface area (Å²) in [5, 5.41) is 0. The van der Waals surface area contributed by atoms with Gasteiger partial charge in [-0.1, -0.05) is 0 Å². The van der Waals surface area contributed by atoms with E-state index in [0.717, 1.165) is 25.7 Å². The molecule has 3 heteroatoms. The minimum atomic E-state index is 0.177. The van der Waals surface area contributed by atoms with Crippen molar-refractivity contribution in [3.05, 3.63) is 0 Å². The summed E-state index contributed by atoms with van der Waals surface area (Å²) in [7, 11) is 2.06. The van der Waals surface area contributed by atoms with Crippen LogP contribution in [0, 0.1) is 5.92 Å². The van der Waals surface area contributed by atoms with E-state index in [4.69, 9.17) is 10.5 Å². The van der Waals surface area contributed by atoms with E-state index in [0.29, 0.717) is 0 Å². The number of hydrogen-bond acceptors (Lipinski definition) is 3. The van der Waals surface area contributed by atoms with Crippen LogP contribution in [0.3, 0.4) is 0 Å². The molecule has 1 aliphatic rings. The smallest absolute Gasteiger partial charge is 0.0540 e. The highest BCUT2D eigenvalue weighted by molar-refractivity contribution is 4.67. The summed E-state index contributed by atoms with van der Waals surface area (Å²) in [5.41, 5.74) is 5.68. The zero-order valence-electron chi connectivity index (χ0n) is 7.42. The van der Waals surface area contributed by atoms with Gasteiger partial charge in [-0.25, -0.2) is 0 Å². The summed E-state index contributed by atoms with van der Waals surface area (Å²) in [6.07, 6.45) is 1.40. The molecule has 0 aromatic heterocycles. The third-order valence-electron chi connectivity index (χ3n) is 2.29. The highest BCUT2D eigenvalue weighted by Gasteiger charge is 2.18. The molecule has 1 aliphatic heterocycles. The maximum atomic E-state index is 5.68. The Labute approximate surface area is 68.5 Å². The highest BCUT2D eigenvalue weighted by atomic mass is 16.5. The van der Waals surface area contributed by atoms with Crippen LogP contribution in [0.4, 0.5) is 0 Å². The Morgan fingerprint density at radius 1 is 1.64 bits per heavy atom. The molecule has 1 heterocycles. The van der Waals surface area contributed by atoms with Gasteiger partial charge in [0, 0.05) is 5.92 Å². The van der Waals surface area contributed by atoms with Crippen LogP contribution in [-0.4, -0.2) is 37.9 Å². The molecular formula is C8H18N2O. The van der Waals surface area contributed by atoms with Crippen LogP contribution < -0.4 is 5.73 Å². The van der Waals surface area contributed by atoms with Gasteiger partial charge in [-0.2, -0.15) is 0 Å². The Balaban J connectivity index is 2.01. The van der Waals surface area contributed by atoms with Crippen molar-refractivity contribution in [2.24, 2.45) is 11.7 Å². The van der Waals surface area contributed by atoms with Gasteiger partial charge >= 0.3 is 0 Å². The predicted molar refractivity (Wildman–Crippen MR) is 45.2 cm³/mol. The first-order chi connectivity index (χ1) is 5.20. The van der Waals surface area contributed by atoms with Gasteiger partial charge in [0.05, 0.1) is 19.4 Å². The second kappa shape index (κ2) is 4.04. The van der Waals surface area contributed by atoms with Gasteiger partial charge in [0.25, 0.3) is 0 Å². The minimum absolute atomic E-state index is 0.177. The molecule has 0 radical (unpaired) electrons. The first-order valence-corrected chi connectivity index (χ1v) is 4.23. The average molecular weight is 158 g/mol. The fourth-order valence-electron chi connectivity index (χ4n) is 1.04. The van der Waals surface area contributed by atoms with Crippen molar-refractivity contribution in [2.45, 2.75) is 19.5 Å². The van der Waals surface area contributed by atoms with Gasteiger partial charge in [0.2, 0.25) is 0 Å². The maximum absolute atomic E-state index is 5.68. The topological polar surface area (TPSA) is 38.5 Å². The number of rotatable bonds is 4. The van der Waals surface area contributed by atoms with E-state index >= 15 is 0 Å². The SMILES string of the molecule is CC(N)N(C)CCC1COC1. The van der Waals surface area contributed by atoms with Gasteiger partial charge in [0.15, 0.2) is 0 Å². The molecule has 0 saturated carbocycles. The lowest BCUT2D eigenvalue weighted by Gasteiger charge is -2.29. The van der Waals surface area contributed by atoms with E-state index in [9.17, 15) is 0 Å². The van der Waals surface area contributed by atoms with Crippen LogP contribution in [0.5, 0.6) is 0 Å². The first kappa shape index (κ1) is 8.97. The molecule has 11 heavy (non-hydrogen) atoms. The summed E-state index contributed by atoms with van der Waals surface area (Å²) < 4.78 is 5.08. The van der Waals surface area contributed by atoms with E-state index in [1.54, 1.807) is 0 Å². The molecule has 2 N–H and O–H groups in total. The number of nitrogens with two attached hydrogens (primary N) is 1. The average Bonchev–Trinajstić information content (AvgIpc) is 1.83. The Hall–Kier alpha value is -0.120. The lowest BCUT2D eigenvalue weighted by atomic mass is 10.0. The van der Waals surface area contributed by atoms with Crippen molar-refractivity contribution >= 4 is 0 Å². The third-order valence-corrected chi connectivity index (χ3v) is 2.29. The second-order valence-corrected chi connectivity index (χ2v) is 3.41. The molecule has 1 atom stereocenters. The summed E-state index contributed by atoms with van der Waals surface area (Å²) in [6.45, 7) is 5.00. The Bertz CT molecular complexity index is 113. The Morgan fingerprint density at radius 3 is 2.64 bits per heavy atom. The van der Waals surface area contributed by atoms with Gasteiger partial charge in [-0.15, -0.1) is 0 Å². The van der Waals surface area contributed by atoms with Crippen molar-refractivity contribution in [1.29, 1.82) is 0 Å². The molecule has 1 fully saturated rings. The van der Waals surface area contributed by atoms with Crippen LogP contribution in [0.25, 0.3) is 0 Å². The van der Waals surface area contributed by atoms with Crippen molar-refractivity contribution in [3.8, 4) is 0 Å². The monoisotopic (exact) mass is 158 g/mol. The molecule has 1 rings (SSSR count). The van der Waals surface area contributed by atoms with Gasteiger partial charge in [0.1, 0.15) is 0 Å². The maximum Gasteiger partial charge on any atom is 0.0540 e. The summed E-state index contributed by atoms with van der Waals surface area (Å²) in [6, 6.07) is 0. The molecule has 0 aliphatic carbocycles. The predicted octanol–water partition coefficient (Wildman–Crippen LogP) is 0.259. The summed E-state index contributed by atoms with van der Waals surface area (Å²) >= 11 is 0. The molecule has 3 nitrogen and oxygen atoms in total. The Kier molecular flexibility index (Phi) is 3.30. The van der Waals surface area contributed by atoms with Gasteiger partial charge in [-0.05, 0) is 26.9 Å². The highest BCUT2D eigenvalue weighted by Crippen LogP contribution is 2.14. The first-order valence-electron chi connectivity index (χ1n) is 4.23. The molecule has 0 bridgehead atoms. The fraction of sp³-hybridized carbons (Fsp3) is 1.00.